The monoisotopic (exact) mass is 766 g/mol. The van der Waals surface area contributed by atoms with Gasteiger partial charge in [-0.3, -0.25) is 4.79 Å². The van der Waals surface area contributed by atoms with E-state index in [-0.39, 0.29) is 0 Å². The summed E-state index contributed by atoms with van der Waals surface area (Å²) in [6.45, 7) is 4.04. The van der Waals surface area contributed by atoms with Gasteiger partial charge in [0.05, 0.1) is 18.8 Å². The Balaban J connectivity index is 3.62. The standard InChI is InChI=1S/C48H95NO5/c1-3-5-7-9-11-13-15-17-18-19-20-21-22-23-24-25-26-27-28-29-30-32-33-35-37-39-41-45(51)47(53)44(43-50)49-48(54)46(52)42-40-38-36-34-31-16-14-12-10-8-6-4-2/h31,34,44-47,50-53H,3-30,32-33,35-43H2,1-2H3,(H,49,54)/b34-31-. The third kappa shape index (κ3) is 36.7. The number of amides is 1. The quantitative estimate of drug-likeness (QED) is 0.0313. The fourth-order valence-electron chi connectivity index (χ4n) is 7.64. The number of carbonyl (C=O) groups excluding carboxylic acids is 1. The zero-order chi connectivity index (χ0) is 39.6. The number of aliphatic hydroxyl groups excluding tert-OH is 4. The summed E-state index contributed by atoms with van der Waals surface area (Å²) in [6, 6.07) is -0.990. The minimum atomic E-state index is -1.26. The fourth-order valence-corrected chi connectivity index (χ4v) is 7.64. The van der Waals surface area contributed by atoms with Gasteiger partial charge in [-0.2, -0.15) is 0 Å². The first kappa shape index (κ1) is 53.0. The van der Waals surface area contributed by atoms with E-state index in [9.17, 15) is 25.2 Å². The van der Waals surface area contributed by atoms with Crippen molar-refractivity contribution in [1.82, 2.24) is 5.32 Å². The highest BCUT2D eigenvalue weighted by Crippen LogP contribution is 2.17. The van der Waals surface area contributed by atoms with Crippen molar-refractivity contribution < 1.29 is 25.2 Å². The number of aliphatic hydroxyl groups is 4. The van der Waals surface area contributed by atoms with Crippen LogP contribution in [0.4, 0.5) is 0 Å². The second kappa shape index (κ2) is 43.2. The molecule has 5 N–H and O–H groups in total. The van der Waals surface area contributed by atoms with Crippen molar-refractivity contribution in [3.63, 3.8) is 0 Å². The molecule has 6 heteroatoms. The van der Waals surface area contributed by atoms with Gasteiger partial charge in [0.25, 0.3) is 0 Å². The van der Waals surface area contributed by atoms with Crippen molar-refractivity contribution in [1.29, 1.82) is 0 Å². The lowest BCUT2D eigenvalue weighted by molar-refractivity contribution is -0.132. The van der Waals surface area contributed by atoms with Crippen molar-refractivity contribution in [2.75, 3.05) is 6.61 Å². The molecule has 0 aromatic rings. The fraction of sp³-hybridized carbons (Fsp3) is 0.938. The number of hydrogen-bond donors (Lipinski definition) is 5. The SMILES string of the molecule is CCCCCCCC/C=C\CCCCC(O)C(=O)NC(CO)C(O)C(O)CCCCCCCCCCCCCCCCCCCCCCCCCCCC. The van der Waals surface area contributed by atoms with Crippen LogP contribution in [-0.4, -0.2) is 57.3 Å². The summed E-state index contributed by atoms with van der Waals surface area (Å²) in [5.41, 5.74) is 0. The summed E-state index contributed by atoms with van der Waals surface area (Å²) in [6.07, 6.45) is 48.4. The molecule has 0 aliphatic heterocycles. The van der Waals surface area contributed by atoms with Gasteiger partial charge in [0, 0.05) is 0 Å². The normalized spacial score (nSPS) is 14.1. The molecule has 0 aromatic carbocycles. The third-order valence-electron chi connectivity index (χ3n) is 11.5. The molecule has 0 saturated carbocycles. The number of carbonyl (C=O) groups is 1. The molecule has 0 aliphatic carbocycles. The van der Waals surface area contributed by atoms with Gasteiger partial charge in [0.1, 0.15) is 12.2 Å². The van der Waals surface area contributed by atoms with E-state index >= 15 is 0 Å². The highest BCUT2D eigenvalue weighted by atomic mass is 16.3. The summed E-state index contributed by atoms with van der Waals surface area (Å²) in [4.78, 5) is 12.5. The Bertz CT molecular complexity index is 776. The van der Waals surface area contributed by atoms with E-state index in [1.807, 2.05) is 0 Å². The lowest BCUT2D eigenvalue weighted by Crippen LogP contribution is -2.53. The summed E-state index contributed by atoms with van der Waals surface area (Å²) in [5, 5.41) is 43.7. The maximum absolute atomic E-state index is 12.5. The number of unbranched alkanes of at least 4 members (excludes halogenated alkanes) is 33. The summed E-state index contributed by atoms with van der Waals surface area (Å²) >= 11 is 0. The van der Waals surface area contributed by atoms with Gasteiger partial charge in [-0.15, -0.1) is 0 Å². The van der Waals surface area contributed by atoms with Crippen LogP contribution in [0.5, 0.6) is 0 Å². The Morgan fingerprint density at radius 3 is 1.09 bits per heavy atom. The summed E-state index contributed by atoms with van der Waals surface area (Å²) < 4.78 is 0. The van der Waals surface area contributed by atoms with Crippen LogP contribution in [0.3, 0.4) is 0 Å². The van der Waals surface area contributed by atoms with Crippen molar-refractivity contribution in [3.05, 3.63) is 12.2 Å². The lowest BCUT2D eigenvalue weighted by Gasteiger charge is -2.27. The van der Waals surface area contributed by atoms with Gasteiger partial charge in [0.15, 0.2) is 0 Å². The van der Waals surface area contributed by atoms with Gasteiger partial charge in [-0.25, -0.2) is 0 Å². The summed E-state index contributed by atoms with van der Waals surface area (Å²) in [7, 11) is 0. The molecule has 0 spiro atoms. The topological polar surface area (TPSA) is 110 Å². The van der Waals surface area contributed by atoms with Crippen LogP contribution in [-0.2, 0) is 4.79 Å². The smallest absolute Gasteiger partial charge is 0.249 e. The van der Waals surface area contributed by atoms with Crippen molar-refractivity contribution in [2.24, 2.45) is 0 Å². The second-order valence-electron chi connectivity index (χ2n) is 16.8. The molecular weight excluding hydrogens is 671 g/mol. The van der Waals surface area contributed by atoms with E-state index < -0.39 is 36.9 Å². The molecule has 0 radical (unpaired) electrons. The molecule has 6 nitrogen and oxygen atoms in total. The van der Waals surface area contributed by atoms with E-state index in [4.69, 9.17) is 0 Å². The van der Waals surface area contributed by atoms with E-state index in [0.717, 1.165) is 44.9 Å². The van der Waals surface area contributed by atoms with Crippen LogP contribution >= 0.6 is 0 Å². The zero-order valence-corrected chi connectivity index (χ0v) is 36.2. The van der Waals surface area contributed by atoms with Crippen molar-refractivity contribution >= 4 is 5.91 Å². The van der Waals surface area contributed by atoms with E-state index in [1.165, 1.54) is 186 Å². The Labute approximate surface area is 336 Å². The maximum atomic E-state index is 12.5. The van der Waals surface area contributed by atoms with Gasteiger partial charge in [0.2, 0.25) is 5.91 Å². The molecule has 4 unspecified atom stereocenters. The van der Waals surface area contributed by atoms with Gasteiger partial charge in [-0.05, 0) is 38.5 Å². The van der Waals surface area contributed by atoms with E-state index in [1.54, 1.807) is 0 Å². The van der Waals surface area contributed by atoms with Crippen LogP contribution in [0.1, 0.15) is 258 Å². The highest BCUT2D eigenvalue weighted by Gasteiger charge is 2.28. The molecule has 0 aliphatic rings. The van der Waals surface area contributed by atoms with Crippen LogP contribution < -0.4 is 5.32 Å². The minimum Gasteiger partial charge on any atom is -0.394 e. The first-order valence-electron chi connectivity index (χ1n) is 24.1. The Hall–Kier alpha value is -0.950. The van der Waals surface area contributed by atoms with Crippen LogP contribution in [0.25, 0.3) is 0 Å². The predicted octanol–water partition coefficient (Wildman–Crippen LogP) is 13.0. The molecular formula is C48H95NO5. The molecule has 0 heterocycles. The molecule has 322 valence electrons. The number of hydrogen-bond acceptors (Lipinski definition) is 5. The van der Waals surface area contributed by atoms with Crippen LogP contribution in [0, 0.1) is 0 Å². The van der Waals surface area contributed by atoms with Crippen molar-refractivity contribution in [3.8, 4) is 0 Å². The van der Waals surface area contributed by atoms with Crippen LogP contribution in [0.15, 0.2) is 12.2 Å². The number of allylic oxidation sites excluding steroid dienone is 2. The van der Waals surface area contributed by atoms with Gasteiger partial charge >= 0.3 is 0 Å². The predicted molar refractivity (Wildman–Crippen MR) is 233 cm³/mol. The molecule has 4 atom stereocenters. The third-order valence-corrected chi connectivity index (χ3v) is 11.5. The average Bonchev–Trinajstić information content (AvgIpc) is 3.18. The van der Waals surface area contributed by atoms with E-state index in [0.29, 0.717) is 12.8 Å². The highest BCUT2D eigenvalue weighted by molar-refractivity contribution is 5.80. The van der Waals surface area contributed by atoms with Crippen LogP contribution in [0.2, 0.25) is 0 Å². The maximum Gasteiger partial charge on any atom is 0.249 e. The van der Waals surface area contributed by atoms with Gasteiger partial charge in [-0.1, -0.05) is 231 Å². The largest absolute Gasteiger partial charge is 0.394 e. The Morgan fingerprint density at radius 2 is 0.741 bits per heavy atom. The first-order valence-corrected chi connectivity index (χ1v) is 24.1. The summed E-state index contributed by atoms with van der Waals surface area (Å²) in [5.74, 6) is -0.598. The van der Waals surface area contributed by atoms with Crippen molar-refractivity contribution in [2.45, 2.75) is 282 Å². The minimum absolute atomic E-state index is 0.341. The molecule has 0 fully saturated rings. The zero-order valence-electron chi connectivity index (χ0n) is 36.2. The second-order valence-corrected chi connectivity index (χ2v) is 16.8. The molecule has 0 aromatic heterocycles. The lowest BCUT2D eigenvalue weighted by atomic mass is 9.99. The van der Waals surface area contributed by atoms with Gasteiger partial charge < -0.3 is 25.7 Å². The van der Waals surface area contributed by atoms with E-state index in [2.05, 4.69) is 31.3 Å². The first-order chi connectivity index (χ1) is 26.5. The number of nitrogens with one attached hydrogen (secondary N) is 1. The molecule has 54 heavy (non-hydrogen) atoms. The molecule has 0 rings (SSSR count). The molecule has 0 saturated heterocycles. The average molecular weight is 766 g/mol. The Morgan fingerprint density at radius 1 is 0.444 bits per heavy atom. The molecule has 1 amide bonds. The number of rotatable bonds is 44. The Kier molecular flexibility index (Phi) is 42.4. The molecule has 0 bridgehead atoms.